The number of esters is 1. The van der Waals surface area contributed by atoms with Gasteiger partial charge in [-0.25, -0.2) is 4.79 Å². The zero-order chi connectivity index (χ0) is 29.4. The lowest BCUT2D eigenvalue weighted by molar-refractivity contribution is -0.0752. The summed E-state index contributed by atoms with van der Waals surface area (Å²) in [6, 6.07) is 3.46. The first-order valence-electron chi connectivity index (χ1n) is 15.5. The summed E-state index contributed by atoms with van der Waals surface area (Å²) in [5.41, 5.74) is 3.31. The Kier molecular flexibility index (Phi) is 11.5. The Hall–Kier alpha value is -2.56. The van der Waals surface area contributed by atoms with E-state index in [0.717, 1.165) is 59.1 Å². The van der Waals surface area contributed by atoms with Crippen molar-refractivity contribution in [2.24, 2.45) is 17.8 Å². The van der Waals surface area contributed by atoms with E-state index in [1.54, 1.807) is 18.3 Å². The Bertz CT molecular complexity index is 1110. The fraction of sp³-hybridized carbons (Fsp3) is 0.657. The molecular weight excluding hydrogens is 498 g/mol. The highest BCUT2D eigenvalue weighted by atomic mass is 16.6. The molecule has 1 aliphatic rings. The van der Waals surface area contributed by atoms with Crippen LogP contribution in [0, 0.1) is 38.5 Å². The number of hydrogen-bond donors (Lipinski definition) is 1. The van der Waals surface area contributed by atoms with Crippen LogP contribution in [-0.2, 0) is 11.2 Å². The van der Waals surface area contributed by atoms with Crippen LogP contribution in [0.1, 0.15) is 125 Å². The summed E-state index contributed by atoms with van der Waals surface area (Å²) in [7, 11) is 0. The van der Waals surface area contributed by atoms with Gasteiger partial charge in [-0.05, 0) is 87.1 Å². The number of fused-ring (bicyclic) bond motifs is 1. The van der Waals surface area contributed by atoms with Gasteiger partial charge in [-0.3, -0.25) is 4.98 Å². The zero-order valence-electron chi connectivity index (χ0n) is 26.3. The van der Waals surface area contributed by atoms with Gasteiger partial charge in [0.05, 0.1) is 5.56 Å². The van der Waals surface area contributed by atoms with E-state index in [0.29, 0.717) is 23.7 Å². The van der Waals surface area contributed by atoms with Gasteiger partial charge in [-0.1, -0.05) is 72.6 Å². The fourth-order valence-corrected chi connectivity index (χ4v) is 6.09. The largest absolute Gasteiger partial charge is 0.507 e. The number of benzene rings is 1. The minimum atomic E-state index is -0.657. The molecule has 1 aromatic carbocycles. The predicted molar refractivity (Wildman–Crippen MR) is 163 cm³/mol. The van der Waals surface area contributed by atoms with Crippen LogP contribution in [0.3, 0.4) is 0 Å². The van der Waals surface area contributed by atoms with Crippen molar-refractivity contribution in [3.63, 3.8) is 0 Å². The molecule has 0 fully saturated rings. The van der Waals surface area contributed by atoms with Crippen LogP contribution in [0.25, 0.3) is 0 Å². The standard InChI is InChI=1S/C35H53NO4/c1-23(2)13-9-14-24(3)15-10-16-25(4)17-11-19-35(8)31(39-34(38)29-18-12-20-36-22-29)21-30-28(7)32(37)26(5)27(6)33(30)40-35/h12,18,20,22-25,31,37H,9-11,13-17,19,21H2,1-8H3/t24-,25+,31?,35-/m0/s1. The van der Waals surface area contributed by atoms with E-state index < -0.39 is 17.7 Å². The quantitative estimate of drug-likeness (QED) is 0.237. The number of phenols is 1. The SMILES string of the molecule is Cc1c(C)c2c(c(C)c1O)CC(OC(=O)c1cccnc1)[C@](C)(CCC[C@H](C)CCC[C@@H](C)CCCC(C)C)O2. The van der Waals surface area contributed by atoms with E-state index in [1.165, 1.54) is 44.7 Å². The minimum Gasteiger partial charge on any atom is -0.507 e. The van der Waals surface area contributed by atoms with Gasteiger partial charge in [0.1, 0.15) is 23.2 Å². The number of rotatable bonds is 14. The van der Waals surface area contributed by atoms with Crippen LogP contribution in [0.15, 0.2) is 24.5 Å². The van der Waals surface area contributed by atoms with Crippen molar-refractivity contribution in [1.29, 1.82) is 0 Å². The molecule has 0 saturated heterocycles. The van der Waals surface area contributed by atoms with E-state index in [2.05, 4.69) is 39.6 Å². The maximum Gasteiger partial charge on any atom is 0.340 e. The molecule has 0 bridgehead atoms. The lowest BCUT2D eigenvalue weighted by atomic mass is 9.81. The van der Waals surface area contributed by atoms with E-state index in [1.807, 2.05) is 20.8 Å². The van der Waals surface area contributed by atoms with Crippen LogP contribution in [0.2, 0.25) is 0 Å². The van der Waals surface area contributed by atoms with E-state index >= 15 is 0 Å². The first kappa shape index (κ1) is 32.0. The molecule has 1 unspecified atom stereocenters. The van der Waals surface area contributed by atoms with Gasteiger partial charge in [0.15, 0.2) is 0 Å². The normalized spacial score (nSPS) is 20.1. The predicted octanol–water partition coefficient (Wildman–Crippen LogP) is 9.07. The molecule has 222 valence electrons. The highest BCUT2D eigenvalue weighted by Crippen LogP contribution is 2.45. The Morgan fingerprint density at radius 1 is 1.00 bits per heavy atom. The van der Waals surface area contributed by atoms with Crippen LogP contribution < -0.4 is 4.74 Å². The molecule has 0 radical (unpaired) electrons. The summed E-state index contributed by atoms with van der Waals surface area (Å²) in [6.45, 7) is 17.3. The van der Waals surface area contributed by atoms with Gasteiger partial charge < -0.3 is 14.6 Å². The van der Waals surface area contributed by atoms with Crippen molar-refractivity contribution >= 4 is 5.97 Å². The third-order valence-electron chi connectivity index (χ3n) is 9.13. The molecule has 0 amide bonds. The average molecular weight is 552 g/mol. The maximum absolute atomic E-state index is 13.1. The van der Waals surface area contributed by atoms with Gasteiger partial charge in [-0.2, -0.15) is 0 Å². The van der Waals surface area contributed by atoms with Gasteiger partial charge >= 0.3 is 5.97 Å². The molecule has 40 heavy (non-hydrogen) atoms. The summed E-state index contributed by atoms with van der Waals surface area (Å²) >= 11 is 0. The van der Waals surface area contributed by atoms with Gasteiger partial charge in [-0.15, -0.1) is 0 Å². The molecule has 2 heterocycles. The lowest BCUT2D eigenvalue weighted by Gasteiger charge is -2.43. The number of carbonyl (C=O) groups excluding carboxylic acids is 1. The van der Waals surface area contributed by atoms with Crippen molar-refractivity contribution in [3.8, 4) is 11.5 Å². The monoisotopic (exact) mass is 551 g/mol. The summed E-state index contributed by atoms with van der Waals surface area (Å²) in [4.78, 5) is 17.2. The Morgan fingerprint density at radius 3 is 2.23 bits per heavy atom. The second-order valence-electron chi connectivity index (χ2n) is 13.1. The Balaban J connectivity index is 1.65. The second-order valence-corrected chi connectivity index (χ2v) is 13.1. The molecule has 2 aromatic rings. The van der Waals surface area contributed by atoms with E-state index in [-0.39, 0.29) is 0 Å². The van der Waals surface area contributed by atoms with Crippen molar-refractivity contribution in [1.82, 2.24) is 4.98 Å². The number of carbonyl (C=O) groups is 1. The van der Waals surface area contributed by atoms with E-state index in [4.69, 9.17) is 9.47 Å². The number of aromatic nitrogens is 1. The summed E-state index contributed by atoms with van der Waals surface area (Å²) in [5.74, 6) is 3.01. The fourth-order valence-electron chi connectivity index (χ4n) is 6.09. The molecule has 0 spiro atoms. The van der Waals surface area contributed by atoms with Crippen LogP contribution in [-0.4, -0.2) is 27.8 Å². The Morgan fingerprint density at radius 2 is 1.62 bits per heavy atom. The molecular formula is C35H53NO4. The average Bonchev–Trinajstić information content (AvgIpc) is 2.91. The number of ether oxygens (including phenoxy) is 2. The number of aromatic hydroxyl groups is 1. The zero-order valence-corrected chi connectivity index (χ0v) is 26.3. The first-order valence-corrected chi connectivity index (χ1v) is 15.5. The molecule has 3 rings (SSSR count). The first-order chi connectivity index (χ1) is 18.9. The highest BCUT2D eigenvalue weighted by Gasteiger charge is 2.45. The number of nitrogens with zero attached hydrogens (tertiary/aromatic N) is 1. The van der Waals surface area contributed by atoms with Gasteiger partial charge in [0, 0.05) is 24.4 Å². The summed E-state index contributed by atoms with van der Waals surface area (Å²) in [5, 5.41) is 10.7. The van der Waals surface area contributed by atoms with E-state index in [9.17, 15) is 9.90 Å². The van der Waals surface area contributed by atoms with Crippen molar-refractivity contribution in [2.75, 3.05) is 0 Å². The number of pyridine rings is 1. The molecule has 0 aliphatic carbocycles. The molecule has 5 heteroatoms. The Labute approximate surface area is 243 Å². The van der Waals surface area contributed by atoms with Crippen molar-refractivity contribution in [3.05, 3.63) is 52.3 Å². The summed E-state index contributed by atoms with van der Waals surface area (Å²) in [6.07, 6.45) is 14.1. The van der Waals surface area contributed by atoms with Crippen LogP contribution >= 0.6 is 0 Å². The van der Waals surface area contributed by atoms with Crippen molar-refractivity contribution in [2.45, 2.75) is 131 Å². The molecule has 1 aromatic heterocycles. The molecule has 0 saturated carbocycles. The number of phenolic OH excluding ortho intramolecular Hbond substituents is 1. The maximum atomic E-state index is 13.1. The van der Waals surface area contributed by atoms with Crippen LogP contribution in [0.4, 0.5) is 0 Å². The third kappa shape index (κ3) is 8.24. The van der Waals surface area contributed by atoms with Crippen LogP contribution in [0.5, 0.6) is 11.5 Å². The third-order valence-corrected chi connectivity index (χ3v) is 9.13. The molecule has 5 nitrogen and oxygen atoms in total. The molecule has 1 N–H and O–H groups in total. The minimum absolute atomic E-state index is 0.295. The molecule has 4 atom stereocenters. The molecule has 1 aliphatic heterocycles. The smallest absolute Gasteiger partial charge is 0.340 e. The van der Waals surface area contributed by atoms with Gasteiger partial charge in [0.2, 0.25) is 0 Å². The van der Waals surface area contributed by atoms with Gasteiger partial charge in [0.25, 0.3) is 0 Å². The lowest BCUT2D eigenvalue weighted by Crippen LogP contribution is -2.51. The van der Waals surface area contributed by atoms with Crippen molar-refractivity contribution < 1.29 is 19.4 Å². The number of hydrogen-bond acceptors (Lipinski definition) is 5. The second kappa shape index (κ2) is 14.4. The topological polar surface area (TPSA) is 68.7 Å². The summed E-state index contributed by atoms with van der Waals surface area (Å²) < 4.78 is 12.9. The highest BCUT2D eigenvalue weighted by molar-refractivity contribution is 5.89.